The summed E-state index contributed by atoms with van der Waals surface area (Å²) in [4.78, 5) is 0. The molecule has 0 aromatic heterocycles. The zero-order valence-electron chi connectivity index (χ0n) is 20.2. The van der Waals surface area contributed by atoms with E-state index in [1.807, 2.05) is 0 Å². The van der Waals surface area contributed by atoms with Crippen LogP contribution in [0.5, 0.6) is 0 Å². The van der Waals surface area contributed by atoms with Gasteiger partial charge in [0.2, 0.25) is 0 Å². The van der Waals surface area contributed by atoms with Crippen LogP contribution in [0.1, 0.15) is 98.3 Å². The molecule has 2 unspecified atom stereocenters. The van der Waals surface area contributed by atoms with Crippen molar-refractivity contribution in [2.45, 2.75) is 131 Å². The summed E-state index contributed by atoms with van der Waals surface area (Å²) in [6.07, 6.45) is 18.6. The number of hydrogen-bond acceptors (Lipinski definition) is 1. The Hall–Kier alpha value is 0.371. The van der Waals surface area contributed by atoms with Crippen molar-refractivity contribution in [3.8, 4) is 0 Å². The van der Waals surface area contributed by atoms with Crippen molar-refractivity contribution in [1.29, 1.82) is 0 Å². The summed E-state index contributed by atoms with van der Waals surface area (Å²) < 4.78 is 6.41. The Kier molecular flexibility index (Phi) is 9.79. The molecule has 1 fully saturated rings. The van der Waals surface area contributed by atoms with E-state index in [0.29, 0.717) is 3.72 Å². The van der Waals surface area contributed by atoms with Crippen molar-refractivity contribution < 1.29 is 16.8 Å². The van der Waals surface area contributed by atoms with Crippen molar-refractivity contribution in [3.05, 3.63) is 22.8 Å². The van der Waals surface area contributed by atoms with Gasteiger partial charge < -0.3 is 0 Å². The Morgan fingerprint density at radius 1 is 0.929 bits per heavy atom. The van der Waals surface area contributed by atoms with Gasteiger partial charge in [0.1, 0.15) is 0 Å². The molecule has 28 heavy (non-hydrogen) atoms. The van der Waals surface area contributed by atoms with Crippen LogP contribution in [0.2, 0.25) is 26.4 Å². The second kappa shape index (κ2) is 11.1. The summed E-state index contributed by atoms with van der Waals surface area (Å²) in [5.41, 5.74) is 4.80. The Morgan fingerprint density at radius 2 is 1.39 bits per heavy atom. The third-order valence-corrected chi connectivity index (χ3v) is 23.3. The molecule has 2 rings (SSSR count). The molecule has 1 saturated carbocycles. The Labute approximate surface area is 182 Å². The van der Waals surface area contributed by atoms with Crippen molar-refractivity contribution in [2.75, 3.05) is 0 Å². The second-order valence-corrected chi connectivity index (χ2v) is 22.2. The summed E-state index contributed by atoms with van der Waals surface area (Å²) in [7, 11) is -0.616. The van der Waals surface area contributed by atoms with E-state index in [1.165, 1.54) is 70.6 Å². The SMILES string of the molecule is CC1=C[C](C)([Ti]([CH3])([CH2][SiH](C)C)[NH]C2CCCCCCCCCCC2)C(C)=C1C. The minimum absolute atomic E-state index is 0.342. The monoisotopic (exact) mass is 439 g/mol. The van der Waals surface area contributed by atoms with Crippen LogP contribution in [-0.2, 0) is 16.8 Å². The van der Waals surface area contributed by atoms with Gasteiger partial charge in [0.05, 0.1) is 0 Å². The average molecular weight is 440 g/mol. The molecule has 0 aliphatic heterocycles. The maximum absolute atomic E-state index is 4.51. The molecular weight excluding hydrogens is 390 g/mol. The van der Waals surface area contributed by atoms with Crippen LogP contribution in [-0.4, -0.2) is 14.8 Å². The maximum atomic E-state index is 4.51. The molecule has 0 spiro atoms. The van der Waals surface area contributed by atoms with Crippen LogP contribution < -0.4 is 3.80 Å². The van der Waals surface area contributed by atoms with Gasteiger partial charge in [0.25, 0.3) is 0 Å². The van der Waals surface area contributed by atoms with Gasteiger partial charge in [0, 0.05) is 0 Å². The zero-order chi connectivity index (χ0) is 20.8. The summed E-state index contributed by atoms with van der Waals surface area (Å²) in [5.74, 6) is 0. The predicted octanol–water partition coefficient (Wildman–Crippen LogP) is 8.29. The molecule has 0 bridgehead atoms. The second-order valence-electron chi connectivity index (χ2n) is 10.8. The van der Waals surface area contributed by atoms with Crippen LogP contribution in [0.4, 0.5) is 0 Å². The predicted molar refractivity (Wildman–Crippen MR) is 128 cm³/mol. The van der Waals surface area contributed by atoms with Crippen molar-refractivity contribution in [2.24, 2.45) is 0 Å². The Morgan fingerprint density at radius 3 is 1.79 bits per heavy atom. The molecule has 0 amide bonds. The van der Waals surface area contributed by atoms with E-state index in [-0.39, 0.29) is 0 Å². The first kappa shape index (κ1) is 24.6. The van der Waals surface area contributed by atoms with E-state index in [4.69, 9.17) is 0 Å². The molecule has 2 aliphatic rings. The van der Waals surface area contributed by atoms with E-state index in [2.05, 4.69) is 55.9 Å². The molecule has 1 nitrogen and oxygen atoms in total. The Balaban J connectivity index is 2.21. The first-order valence-corrected chi connectivity index (χ1v) is 19.7. The van der Waals surface area contributed by atoms with Gasteiger partial charge in [-0.1, -0.05) is 0 Å². The van der Waals surface area contributed by atoms with Gasteiger partial charge in [-0.25, -0.2) is 0 Å². The molecule has 0 aromatic rings. The fourth-order valence-corrected chi connectivity index (χ4v) is 23.0. The molecule has 3 heteroatoms. The third kappa shape index (κ3) is 6.19. The van der Waals surface area contributed by atoms with E-state index in [0.717, 1.165) is 6.04 Å². The molecule has 1 N–H and O–H groups in total. The fraction of sp³-hybridized carbons (Fsp3) is 0.840. The fourth-order valence-electron chi connectivity index (χ4n) is 5.90. The Bertz CT molecular complexity index is 555. The van der Waals surface area contributed by atoms with Gasteiger partial charge in [-0.05, 0) is 0 Å². The zero-order valence-corrected chi connectivity index (χ0v) is 22.9. The van der Waals surface area contributed by atoms with Crippen molar-refractivity contribution >= 4 is 8.80 Å². The minimum atomic E-state index is -2.29. The van der Waals surface area contributed by atoms with Crippen molar-refractivity contribution in [3.63, 3.8) is 0 Å². The van der Waals surface area contributed by atoms with E-state index >= 15 is 0 Å². The average Bonchev–Trinajstić information content (AvgIpc) is 2.81. The van der Waals surface area contributed by atoms with Crippen LogP contribution in [0, 0.1) is 0 Å². The summed E-state index contributed by atoms with van der Waals surface area (Å²) in [5, 5.41) is 2.75. The van der Waals surface area contributed by atoms with Gasteiger partial charge in [0.15, 0.2) is 0 Å². The molecule has 0 aromatic carbocycles. The van der Waals surface area contributed by atoms with E-state index < -0.39 is 25.6 Å². The van der Waals surface area contributed by atoms with Gasteiger partial charge in [-0.3, -0.25) is 0 Å². The molecule has 0 saturated heterocycles. The number of nitrogens with one attached hydrogen (secondary N) is 1. The van der Waals surface area contributed by atoms with Crippen LogP contribution in [0.15, 0.2) is 22.8 Å². The van der Waals surface area contributed by atoms with Gasteiger partial charge >= 0.3 is 183 Å². The molecule has 2 aliphatic carbocycles. The standard InChI is InChI=1S/C12H24N.C9H13.C3H9Si.CH3.Ti/c13-12-10-8-6-4-2-1-3-5-7-9-11-12;1-6-5-7(2)9(4)8(6)3;1-4(2)3;;/h12-13H,1-11H2;5H,1-4H3;4H,1H2,2-3H3;1H3;/q-1;;;;+1. The molecule has 162 valence electrons. The van der Waals surface area contributed by atoms with Crippen molar-refractivity contribution in [1.82, 2.24) is 3.80 Å². The number of allylic oxidation sites excluding steroid dienone is 4. The summed E-state index contributed by atoms with van der Waals surface area (Å²) in [6.45, 7) is 14.9. The molecular formula is C25H49NSiTi. The molecule has 0 radical (unpaired) electrons. The van der Waals surface area contributed by atoms with E-state index in [9.17, 15) is 0 Å². The van der Waals surface area contributed by atoms with Gasteiger partial charge in [-0.2, -0.15) is 0 Å². The van der Waals surface area contributed by atoms with Gasteiger partial charge in [-0.15, -0.1) is 0 Å². The summed E-state index contributed by atoms with van der Waals surface area (Å²) >= 11 is -2.29. The number of hydrogen-bond donors (Lipinski definition) is 1. The van der Waals surface area contributed by atoms with E-state index in [1.54, 1.807) is 21.1 Å². The molecule has 2 atom stereocenters. The number of rotatable bonds is 5. The molecule has 0 heterocycles. The summed E-state index contributed by atoms with van der Waals surface area (Å²) in [6, 6.07) is 0.774. The quantitative estimate of drug-likeness (QED) is 0.425. The van der Waals surface area contributed by atoms with Crippen LogP contribution in [0.25, 0.3) is 0 Å². The third-order valence-electron chi connectivity index (χ3n) is 8.03. The normalized spacial score (nSPS) is 28.6. The topological polar surface area (TPSA) is 12.0 Å². The first-order chi connectivity index (χ1) is 13.2. The first-order valence-electron chi connectivity index (χ1n) is 12.3. The van der Waals surface area contributed by atoms with Crippen LogP contribution in [0.3, 0.4) is 0 Å². The van der Waals surface area contributed by atoms with Crippen LogP contribution >= 0.6 is 0 Å².